The fraction of sp³-hybridized carbons (Fsp3) is 1.00. The highest BCUT2D eigenvalue weighted by atomic mass is 16.3. The molecule has 3 nitrogen and oxygen atoms in total. The molecule has 0 spiro atoms. The van der Waals surface area contributed by atoms with Gasteiger partial charge < -0.3 is 10.4 Å². The summed E-state index contributed by atoms with van der Waals surface area (Å²) in [6, 6.07) is 0.701. The summed E-state index contributed by atoms with van der Waals surface area (Å²) in [6.07, 6.45) is 2.17. The van der Waals surface area contributed by atoms with E-state index in [0.29, 0.717) is 6.04 Å². The van der Waals surface area contributed by atoms with Crippen LogP contribution in [-0.2, 0) is 0 Å². The van der Waals surface area contributed by atoms with Gasteiger partial charge >= 0.3 is 0 Å². The molecule has 0 radical (unpaired) electrons. The van der Waals surface area contributed by atoms with Gasteiger partial charge in [-0.05, 0) is 19.4 Å². The van der Waals surface area contributed by atoms with E-state index in [1.807, 2.05) is 0 Å². The molecule has 0 aromatic heterocycles. The third-order valence-corrected chi connectivity index (χ3v) is 2.75. The van der Waals surface area contributed by atoms with Crippen LogP contribution in [0.15, 0.2) is 0 Å². The predicted molar refractivity (Wildman–Crippen MR) is 43.5 cm³/mol. The Hall–Kier alpha value is -0.120. The molecular weight excluding hydrogens is 140 g/mol. The van der Waals surface area contributed by atoms with Crippen molar-refractivity contribution in [3.05, 3.63) is 0 Å². The maximum atomic E-state index is 9.30. The van der Waals surface area contributed by atoms with Crippen LogP contribution >= 0.6 is 0 Å². The number of hydrogen-bond acceptors (Lipinski definition) is 3. The van der Waals surface area contributed by atoms with E-state index in [2.05, 4.69) is 10.2 Å². The van der Waals surface area contributed by atoms with Crippen LogP contribution < -0.4 is 5.32 Å². The summed E-state index contributed by atoms with van der Waals surface area (Å²) < 4.78 is 0. The van der Waals surface area contributed by atoms with Gasteiger partial charge in [-0.3, -0.25) is 4.90 Å². The molecule has 2 atom stereocenters. The topological polar surface area (TPSA) is 35.5 Å². The number of aliphatic hydroxyl groups excluding tert-OH is 1. The first-order valence-electron chi connectivity index (χ1n) is 4.49. The van der Waals surface area contributed by atoms with Crippen molar-refractivity contribution < 1.29 is 5.11 Å². The van der Waals surface area contributed by atoms with Crippen LogP contribution in [0.5, 0.6) is 0 Å². The lowest BCUT2D eigenvalue weighted by atomic mass is 10.2. The molecule has 2 N–H and O–H groups in total. The van der Waals surface area contributed by atoms with Gasteiger partial charge in [0.05, 0.1) is 6.10 Å². The molecule has 11 heavy (non-hydrogen) atoms. The van der Waals surface area contributed by atoms with Crippen LogP contribution in [0, 0.1) is 0 Å². The molecule has 0 bridgehead atoms. The SMILES string of the molecule is OC1CCN(C2CCNC2)C1. The van der Waals surface area contributed by atoms with Crippen molar-refractivity contribution in [2.24, 2.45) is 0 Å². The van der Waals surface area contributed by atoms with Crippen molar-refractivity contribution in [1.82, 2.24) is 10.2 Å². The molecule has 0 aromatic carbocycles. The minimum atomic E-state index is -0.0596. The zero-order valence-electron chi connectivity index (χ0n) is 6.79. The molecule has 2 saturated heterocycles. The van der Waals surface area contributed by atoms with Crippen molar-refractivity contribution in [3.8, 4) is 0 Å². The van der Waals surface area contributed by atoms with Gasteiger partial charge in [0.1, 0.15) is 0 Å². The minimum Gasteiger partial charge on any atom is -0.392 e. The van der Waals surface area contributed by atoms with E-state index >= 15 is 0 Å². The molecule has 2 heterocycles. The van der Waals surface area contributed by atoms with Gasteiger partial charge in [-0.15, -0.1) is 0 Å². The third-order valence-electron chi connectivity index (χ3n) is 2.75. The third kappa shape index (κ3) is 1.55. The average molecular weight is 156 g/mol. The molecule has 2 rings (SSSR count). The first kappa shape index (κ1) is 7.53. The van der Waals surface area contributed by atoms with E-state index in [1.54, 1.807) is 0 Å². The van der Waals surface area contributed by atoms with Crippen molar-refractivity contribution in [1.29, 1.82) is 0 Å². The minimum absolute atomic E-state index is 0.0596. The molecule has 2 fully saturated rings. The summed E-state index contributed by atoms with van der Waals surface area (Å²) in [6.45, 7) is 4.25. The summed E-state index contributed by atoms with van der Waals surface area (Å²) in [5, 5.41) is 12.6. The van der Waals surface area contributed by atoms with Gasteiger partial charge in [-0.1, -0.05) is 0 Å². The Morgan fingerprint density at radius 3 is 2.82 bits per heavy atom. The monoisotopic (exact) mass is 156 g/mol. The van der Waals surface area contributed by atoms with Crippen LogP contribution in [0.4, 0.5) is 0 Å². The number of nitrogens with one attached hydrogen (secondary N) is 1. The summed E-state index contributed by atoms with van der Waals surface area (Å²) in [4.78, 5) is 2.41. The quantitative estimate of drug-likeness (QED) is 0.533. The molecule has 64 valence electrons. The second kappa shape index (κ2) is 3.09. The molecular formula is C8H16N2O. The average Bonchev–Trinajstić information content (AvgIpc) is 2.55. The van der Waals surface area contributed by atoms with E-state index in [0.717, 1.165) is 32.6 Å². The number of nitrogens with zero attached hydrogens (tertiary/aromatic N) is 1. The van der Waals surface area contributed by atoms with Crippen molar-refractivity contribution in [2.45, 2.75) is 25.0 Å². The van der Waals surface area contributed by atoms with Gasteiger partial charge in [0, 0.05) is 25.7 Å². The molecule has 0 aliphatic carbocycles. The lowest BCUT2D eigenvalue weighted by molar-refractivity contribution is 0.163. The number of hydrogen-bond donors (Lipinski definition) is 2. The van der Waals surface area contributed by atoms with Crippen molar-refractivity contribution >= 4 is 0 Å². The number of likely N-dealkylation sites (tertiary alicyclic amines) is 1. The van der Waals surface area contributed by atoms with Gasteiger partial charge in [0.2, 0.25) is 0 Å². The smallest absolute Gasteiger partial charge is 0.0679 e. The van der Waals surface area contributed by atoms with Crippen LogP contribution in [0.1, 0.15) is 12.8 Å². The Morgan fingerprint density at radius 2 is 2.27 bits per heavy atom. The normalized spacial score (nSPS) is 40.1. The largest absolute Gasteiger partial charge is 0.392 e. The van der Waals surface area contributed by atoms with Crippen LogP contribution in [0.25, 0.3) is 0 Å². The Morgan fingerprint density at radius 1 is 1.36 bits per heavy atom. The highest BCUT2D eigenvalue weighted by Gasteiger charge is 2.28. The standard InChI is InChI=1S/C8H16N2O/c11-8-2-4-10(6-8)7-1-3-9-5-7/h7-9,11H,1-6H2. The molecule has 2 aliphatic heterocycles. The summed E-state index contributed by atoms with van der Waals surface area (Å²) >= 11 is 0. The predicted octanol–water partition coefficient (Wildman–Crippen LogP) is -0.585. The zero-order chi connectivity index (χ0) is 7.68. The maximum absolute atomic E-state index is 9.30. The number of rotatable bonds is 1. The van der Waals surface area contributed by atoms with Gasteiger partial charge in [-0.25, -0.2) is 0 Å². The molecule has 0 saturated carbocycles. The van der Waals surface area contributed by atoms with Crippen LogP contribution in [0.2, 0.25) is 0 Å². The van der Waals surface area contributed by atoms with Gasteiger partial charge in [-0.2, -0.15) is 0 Å². The maximum Gasteiger partial charge on any atom is 0.0679 e. The Balaban J connectivity index is 1.85. The Bertz CT molecular complexity index is 134. The van der Waals surface area contributed by atoms with Gasteiger partial charge in [0.25, 0.3) is 0 Å². The molecule has 0 amide bonds. The lowest BCUT2D eigenvalue weighted by Gasteiger charge is -2.21. The summed E-state index contributed by atoms with van der Waals surface area (Å²) in [7, 11) is 0. The molecule has 3 heteroatoms. The first-order valence-corrected chi connectivity index (χ1v) is 4.49. The van der Waals surface area contributed by atoms with Crippen molar-refractivity contribution in [3.63, 3.8) is 0 Å². The zero-order valence-corrected chi connectivity index (χ0v) is 6.79. The number of aliphatic hydroxyl groups is 1. The second-order valence-electron chi connectivity index (χ2n) is 3.58. The van der Waals surface area contributed by atoms with E-state index < -0.39 is 0 Å². The van der Waals surface area contributed by atoms with E-state index in [4.69, 9.17) is 0 Å². The fourth-order valence-electron chi connectivity index (χ4n) is 2.05. The molecule has 2 unspecified atom stereocenters. The highest BCUT2D eigenvalue weighted by Crippen LogP contribution is 2.16. The van der Waals surface area contributed by atoms with Crippen LogP contribution in [0.3, 0.4) is 0 Å². The first-order chi connectivity index (χ1) is 5.36. The summed E-state index contributed by atoms with van der Waals surface area (Å²) in [5.41, 5.74) is 0. The Labute approximate surface area is 67.4 Å². The van der Waals surface area contributed by atoms with E-state index in [1.165, 1.54) is 6.42 Å². The van der Waals surface area contributed by atoms with E-state index in [9.17, 15) is 5.11 Å². The van der Waals surface area contributed by atoms with E-state index in [-0.39, 0.29) is 6.10 Å². The highest BCUT2D eigenvalue weighted by molar-refractivity contribution is 4.85. The summed E-state index contributed by atoms with van der Waals surface area (Å²) in [5.74, 6) is 0. The molecule has 2 aliphatic rings. The fourth-order valence-corrected chi connectivity index (χ4v) is 2.05. The van der Waals surface area contributed by atoms with Crippen LogP contribution in [-0.4, -0.2) is 48.3 Å². The van der Waals surface area contributed by atoms with Crippen molar-refractivity contribution in [2.75, 3.05) is 26.2 Å². The Kier molecular flexibility index (Phi) is 2.11. The second-order valence-corrected chi connectivity index (χ2v) is 3.58. The number of β-amino-alcohol motifs (C(OH)–C–C–N with tert-alkyl or cyclic N) is 1. The lowest BCUT2D eigenvalue weighted by Crippen LogP contribution is -2.35. The van der Waals surface area contributed by atoms with Gasteiger partial charge in [0.15, 0.2) is 0 Å². The molecule has 0 aromatic rings.